The number of benzene rings is 2. The third kappa shape index (κ3) is 5.10. The number of ether oxygens (including phenoxy) is 1. The van der Waals surface area contributed by atoms with Crippen LogP contribution in [0.1, 0.15) is 37.8 Å². The molecule has 3 N–H and O–H groups in total. The molecule has 1 unspecified atom stereocenters. The van der Waals surface area contributed by atoms with Crippen LogP contribution in [0.2, 0.25) is 0 Å². The average Bonchev–Trinajstić information content (AvgIpc) is 2.59. The summed E-state index contributed by atoms with van der Waals surface area (Å²) in [6.07, 6.45) is 1.53. The van der Waals surface area contributed by atoms with Crippen LogP contribution in [0.5, 0.6) is 5.75 Å². The van der Waals surface area contributed by atoms with Gasteiger partial charge in [0.1, 0.15) is 12.4 Å². The van der Waals surface area contributed by atoms with Crippen molar-refractivity contribution in [3.8, 4) is 5.75 Å². The third-order valence-corrected chi connectivity index (χ3v) is 3.94. The molecule has 4 heteroatoms. The Morgan fingerprint density at radius 1 is 1.12 bits per heavy atom. The van der Waals surface area contributed by atoms with E-state index >= 15 is 0 Å². The summed E-state index contributed by atoms with van der Waals surface area (Å²) in [6.45, 7) is 4.69. The van der Waals surface area contributed by atoms with Crippen LogP contribution in [-0.4, -0.2) is 11.4 Å². The van der Waals surface area contributed by atoms with E-state index in [1.807, 2.05) is 61.5 Å². The number of carbonyl (C=O) groups is 1. The number of nitrogens with one attached hydrogen (secondary N) is 1. The van der Waals surface area contributed by atoms with Gasteiger partial charge in [0, 0.05) is 12.1 Å². The summed E-state index contributed by atoms with van der Waals surface area (Å²) < 4.78 is 5.91. The number of carbonyl (C=O) groups excluding carboxylic acids is 1. The Hall–Kier alpha value is -2.33. The molecule has 0 aliphatic rings. The Morgan fingerprint density at radius 2 is 1.79 bits per heavy atom. The van der Waals surface area contributed by atoms with Crippen molar-refractivity contribution >= 4 is 5.91 Å². The molecule has 2 aromatic carbocycles. The van der Waals surface area contributed by atoms with Crippen molar-refractivity contribution in [3.63, 3.8) is 0 Å². The largest absolute Gasteiger partial charge is 0.489 e. The van der Waals surface area contributed by atoms with Gasteiger partial charge in [0.25, 0.3) is 0 Å². The van der Waals surface area contributed by atoms with Gasteiger partial charge in [-0.2, -0.15) is 0 Å². The van der Waals surface area contributed by atoms with Gasteiger partial charge in [-0.1, -0.05) is 61.9 Å². The molecule has 0 aromatic heterocycles. The molecule has 2 aromatic rings. The van der Waals surface area contributed by atoms with Crippen molar-refractivity contribution in [1.82, 2.24) is 5.32 Å². The fourth-order valence-electron chi connectivity index (χ4n) is 2.54. The van der Waals surface area contributed by atoms with E-state index in [9.17, 15) is 4.79 Å². The number of rotatable bonds is 8. The predicted molar refractivity (Wildman–Crippen MR) is 96.6 cm³/mol. The quantitative estimate of drug-likeness (QED) is 0.781. The molecule has 0 heterocycles. The summed E-state index contributed by atoms with van der Waals surface area (Å²) in [7, 11) is 0. The van der Waals surface area contributed by atoms with Crippen LogP contribution in [0.3, 0.4) is 0 Å². The van der Waals surface area contributed by atoms with Gasteiger partial charge in [0.2, 0.25) is 5.91 Å². The lowest BCUT2D eigenvalue weighted by Crippen LogP contribution is -2.51. The van der Waals surface area contributed by atoms with Crippen LogP contribution < -0.4 is 15.8 Å². The van der Waals surface area contributed by atoms with Crippen LogP contribution in [0, 0.1) is 0 Å². The molecule has 0 spiro atoms. The van der Waals surface area contributed by atoms with Crippen molar-refractivity contribution in [1.29, 1.82) is 0 Å². The zero-order chi connectivity index (χ0) is 17.4. The Bertz CT molecular complexity index is 654. The summed E-state index contributed by atoms with van der Waals surface area (Å²) in [5, 5.41) is 2.92. The maximum atomic E-state index is 12.2. The minimum atomic E-state index is -0.839. The van der Waals surface area contributed by atoms with Crippen molar-refractivity contribution in [2.75, 3.05) is 0 Å². The molecule has 0 aliphatic carbocycles. The van der Waals surface area contributed by atoms with Crippen LogP contribution >= 0.6 is 0 Å². The number of nitrogens with two attached hydrogens (primary N) is 1. The predicted octanol–water partition coefficient (Wildman–Crippen LogP) is 3.40. The molecule has 0 bridgehead atoms. The molecule has 4 nitrogen and oxygen atoms in total. The molecule has 2 rings (SSSR count). The molecule has 128 valence electrons. The van der Waals surface area contributed by atoms with Crippen LogP contribution in [0.15, 0.2) is 54.6 Å². The second kappa shape index (κ2) is 8.50. The molecular formula is C20H26N2O2. The van der Waals surface area contributed by atoms with Gasteiger partial charge in [-0.15, -0.1) is 0 Å². The van der Waals surface area contributed by atoms with Gasteiger partial charge in [-0.05, 0) is 25.0 Å². The monoisotopic (exact) mass is 326 g/mol. The van der Waals surface area contributed by atoms with E-state index in [0.717, 1.165) is 23.3 Å². The van der Waals surface area contributed by atoms with Crippen LogP contribution in [0.4, 0.5) is 0 Å². The van der Waals surface area contributed by atoms with E-state index in [0.29, 0.717) is 19.6 Å². The number of amides is 1. The van der Waals surface area contributed by atoms with Crippen molar-refractivity contribution in [2.45, 2.75) is 45.4 Å². The van der Waals surface area contributed by atoms with E-state index in [-0.39, 0.29) is 5.91 Å². The second-order valence-electron chi connectivity index (χ2n) is 6.23. The summed E-state index contributed by atoms with van der Waals surface area (Å²) in [6, 6.07) is 17.7. The van der Waals surface area contributed by atoms with Crippen molar-refractivity contribution in [2.24, 2.45) is 5.73 Å². The van der Waals surface area contributed by atoms with Gasteiger partial charge >= 0.3 is 0 Å². The number of para-hydroxylation sites is 1. The standard InChI is InChI=1S/C20H26N2O2/c1-3-13-20(2,21)19(23)22-14-17-11-7-8-12-18(17)24-15-16-9-5-4-6-10-16/h4-12H,3,13-15,21H2,1-2H3,(H,22,23). The zero-order valence-corrected chi connectivity index (χ0v) is 14.4. The van der Waals surface area contributed by atoms with Gasteiger partial charge < -0.3 is 15.8 Å². The Labute approximate surface area is 144 Å². The zero-order valence-electron chi connectivity index (χ0n) is 14.4. The Balaban J connectivity index is 1.97. The second-order valence-corrected chi connectivity index (χ2v) is 6.23. The molecule has 0 fully saturated rings. The van der Waals surface area contributed by atoms with Gasteiger partial charge in [0.15, 0.2) is 0 Å². The lowest BCUT2D eigenvalue weighted by Gasteiger charge is -2.23. The SMILES string of the molecule is CCCC(C)(N)C(=O)NCc1ccccc1OCc1ccccc1. The first kappa shape index (κ1) is 18.0. The van der Waals surface area contributed by atoms with Gasteiger partial charge in [-0.3, -0.25) is 4.79 Å². The Morgan fingerprint density at radius 3 is 2.50 bits per heavy atom. The van der Waals surface area contributed by atoms with E-state index < -0.39 is 5.54 Å². The maximum Gasteiger partial charge on any atom is 0.240 e. The lowest BCUT2D eigenvalue weighted by atomic mass is 9.96. The lowest BCUT2D eigenvalue weighted by molar-refractivity contribution is -0.126. The fourth-order valence-corrected chi connectivity index (χ4v) is 2.54. The van der Waals surface area contributed by atoms with E-state index in [4.69, 9.17) is 10.5 Å². The normalized spacial score (nSPS) is 13.1. The van der Waals surface area contributed by atoms with Gasteiger partial charge in [-0.25, -0.2) is 0 Å². The van der Waals surface area contributed by atoms with Gasteiger partial charge in [0.05, 0.1) is 5.54 Å². The summed E-state index contributed by atoms with van der Waals surface area (Å²) in [5.41, 5.74) is 7.27. The molecule has 24 heavy (non-hydrogen) atoms. The fraction of sp³-hybridized carbons (Fsp3) is 0.350. The number of hydrogen-bond acceptors (Lipinski definition) is 3. The molecule has 0 saturated carbocycles. The topological polar surface area (TPSA) is 64.4 Å². The first-order valence-corrected chi connectivity index (χ1v) is 8.34. The van der Waals surface area contributed by atoms with Crippen LogP contribution in [-0.2, 0) is 17.9 Å². The molecule has 0 radical (unpaired) electrons. The average molecular weight is 326 g/mol. The minimum absolute atomic E-state index is 0.137. The molecule has 0 aliphatic heterocycles. The minimum Gasteiger partial charge on any atom is -0.489 e. The Kier molecular flexibility index (Phi) is 6.38. The molecule has 1 atom stereocenters. The molecule has 1 amide bonds. The highest BCUT2D eigenvalue weighted by Crippen LogP contribution is 2.19. The van der Waals surface area contributed by atoms with Crippen molar-refractivity contribution in [3.05, 3.63) is 65.7 Å². The molecule has 0 saturated heterocycles. The van der Waals surface area contributed by atoms with Crippen molar-refractivity contribution < 1.29 is 9.53 Å². The summed E-state index contributed by atoms with van der Waals surface area (Å²) in [4.78, 5) is 12.2. The third-order valence-electron chi connectivity index (χ3n) is 3.94. The van der Waals surface area contributed by atoms with E-state index in [1.165, 1.54) is 0 Å². The first-order chi connectivity index (χ1) is 11.5. The smallest absolute Gasteiger partial charge is 0.240 e. The molecular weight excluding hydrogens is 300 g/mol. The summed E-state index contributed by atoms with van der Waals surface area (Å²) in [5.74, 6) is 0.637. The first-order valence-electron chi connectivity index (χ1n) is 8.34. The van der Waals surface area contributed by atoms with E-state index in [2.05, 4.69) is 5.32 Å². The highest BCUT2D eigenvalue weighted by molar-refractivity contribution is 5.85. The summed E-state index contributed by atoms with van der Waals surface area (Å²) >= 11 is 0. The van der Waals surface area contributed by atoms with Crippen LogP contribution in [0.25, 0.3) is 0 Å². The van der Waals surface area contributed by atoms with E-state index in [1.54, 1.807) is 6.92 Å². The highest BCUT2D eigenvalue weighted by Gasteiger charge is 2.26. The maximum absolute atomic E-state index is 12.2. The highest BCUT2D eigenvalue weighted by atomic mass is 16.5. The number of hydrogen-bond donors (Lipinski definition) is 2.